The Morgan fingerprint density at radius 3 is 2.77 bits per heavy atom. The van der Waals surface area contributed by atoms with Crippen molar-refractivity contribution in [2.75, 3.05) is 6.54 Å². The Kier molecular flexibility index (Phi) is 6.30. The molecule has 2 atom stereocenters. The highest BCUT2D eigenvalue weighted by Gasteiger charge is 2.35. The van der Waals surface area contributed by atoms with Crippen LogP contribution in [0, 0.1) is 16.0 Å². The van der Waals surface area contributed by atoms with Gasteiger partial charge in [0, 0.05) is 19.0 Å². The van der Waals surface area contributed by atoms with Gasteiger partial charge in [0.1, 0.15) is 5.76 Å². The van der Waals surface area contributed by atoms with Crippen molar-refractivity contribution in [2.45, 2.75) is 26.0 Å². The van der Waals surface area contributed by atoms with Crippen LogP contribution in [0.15, 0.2) is 47.1 Å². The highest BCUT2D eigenvalue weighted by Crippen LogP contribution is 2.26. The summed E-state index contributed by atoms with van der Waals surface area (Å²) < 4.78 is 10.6. The van der Waals surface area contributed by atoms with E-state index < -0.39 is 28.8 Å². The molecule has 1 aromatic carbocycles. The number of nitro groups is 1. The fraction of sp³-hybridized carbons (Fsp3) is 0.316. The Hall–Kier alpha value is -3.89. The molecule has 0 aliphatic carbocycles. The Labute approximate surface area is 171 Å². The minimum Gasteiger partial charge on any atom is -0.474 e. The van der Waals surface area contributed by atoms with E-state index >= 15 is 0 Å². The molecular weight excluding hydrogens is 396 g/mol. The zero-order chi connectivity index (χ0) is 21.7. The number of hydrogen-bond acceptors (Lipinski definition) is 7. The van der Waals surface area contributed by atoms with Crippen LogP contribution in [0.3, 0.4) is 0 Å². The van der Waals surface area contributed by atoms with E-state index in [0.29, 0.717) is 5.76 Å². The Bertz CT molecular complexity index is 944. The summed E-state index contributed by atoms with van der Waals surface area (Å²) in [6.45, 7) is 1.86. The molecule has 3 rings (SSSR count). The number of nitrogens with one attached hydrogen (secondary N) is 2. The number of para-hydroxylation sites is 2. The van der Waals surface area contributed by atoms with Crippen LogP contribution in [0.2, 0.25) is 0 Å². The third-order valence-electron chi connectivity index (χ3n) is 4.56. The lowest BCUT2D eigenvalue weighted by molar-refractivity contribution is -0.386. The molecule has 0 spiro atoms. The monoisotopic (exact) mass is 416 g/mol. The second-order valence-electron chi connectivity index (χ2n) is 6.72. The van der Waals surface area contributed by atoms with Gasteiger partial charge in [0.2, 0.25) is 11.8 Å². The van der Waals surface area contributed by atoms with Crippen molar-refractivity contribution in [2.24, 2.45) is 5.92 Å². The van der Waals surface area contributed by atoms with E-state index in [-0.39, 0.29) is 36.9 Å². The molecule has 1 saturated heterocycles. The molecule has 11 nitrogen and oxygen atoms in total. The lowest BCUT2D eigenvalue weighted by Crippen LogP contribution is -2.49. The van der Waals surface area contributed by atoms with E-state index in [1.807, 2.05) is 0 Å². The van der Waals surface area contributed by atoms with Gasteiger partial charge in [-0.1, -0.05) is 12.1 Å². The van der Waals surface area contributed by atoms with Crippen LogP contribution < -0.4 is 15.6 Å². The molecular formula is C19H20N4O7. The van der Waals surface area contributed by atoms with Gasteiger partial charge in [-0.2, -0.15) is 0 Å². The summed E-state index contributed by atoms with van der Waals surface area (Å²) in [5.41, 5.74) is 4.22. The van der Waals surface area contributed by atoms with E-state index in [1.54, 1.807) is 18.2 Å². The van der Waals surface area contributed by atoms with E-state index in [9.17, 15) is 24.5 Å². The number of rotatable bonds is 7. The average molecular weight is 416 g/mol. The van der Waals surface area contributed by atoms with Gasteiger partial charge >= 0.3 is 5.69 Å². The van der Waals surface area contributed by atoms with Gasteiger partial charge in [0.25, 0.3) is 5.91 Å². The number of furan rings is 1. The zero-order valence-electron chi connectivity index (χ0n) is 16.1. The fourth-order valence-electron chi connectivity index (χ4n) is 2.97. The van der Waals surface area contributed by atoms with Crippen molar-refractivity contribution < 1.29 is 28.5 Å². The van der Waals surface area contributed by atoms with Gasteiger partial charge in [-0.15, -0.1) is 0 Å². The maximum Gasteiger partial charge on any atom is 0.310 e. The van der Waals surface area contributed by atoms with Crippen LogP contribution in [0.25, 0.3) is 0 Å². The predicted octanol–water partition coefficient (Wildman–Crippen LogP) is 1.15. The van der Waals surface area contributed by atoms with Gasteiger partial charge < -0.3 is 14.1 Å². The summed E-state index contributed by atoms with van der Waals surface area (Å²) in [7, 11) is 0. The second kappa shape index (κ2) is 9.07. The molecule has 1 fully saturated rings. The summed E-state index contributed by atoms with van der Waals surface area (Å²) in [6, 6.07) is 9.10. The van der Waals surface area contributed by atoms with E-state index in [1.165, 1.54) is 36.3 Å². The topological polar surface area (TPSA) is 144 Å². The first kappa shape index (κ1) is 20.8. The SMILES string of the molecule is CC(Oc1ccccc1[N+](=O)[O-])C(=O)NNC(=O)C1CC(=O)N(Cc2ccco2)C1. The van der Waals surface area contributed by atoms with Crippen LogP contribution in [0.5, 0.6) is 5.75 Å². The molecule has 0 bridgehead atoms. The maximum atomic E-state index is 12.3. The number of carbonyl (C=O) groups excluding carboxylic acids is 3. The molecule has 11 heteroatoms. The minimum atomic E-state index is -1.10. The van der Waals surface area contributed by atoms with Crippen LogP contribution in [-0.4, -0.2) is 40.2 Å². The largest absolute Gasteiger partial charge is 0.474 e. The number of nitrogens with zero attached hydrogens (tertiary/aromatic N) is 2. The molecule has 3 amide bonds. The average Bonchev–Trinajstić information content (AvgIpc) is 3.36. The number of amides is 3. The summed E-state index contributed by atoms with van der Waals surface area (Å²) in [5.74, 6) is -1.48. The van der Waals surface area contributed by atoms with E-state index in [4.69, 9.17) is 9.15 Å². The number of likely N-dealkylation sites (tertiary alicyclic amines) is 1. The molecule has 2 unspecified atom stereocenters. The van der Waals surface area contributed by atoms with Crippen molar-refractivity contribution in [3.63, 3.8) is 0 Å². The zero-order valence-corrected chi connectivity index (χ0v) is 16.1. The quantitative estimate of drug-likeness (QED) is 0.509. The number of nitro benzene ring substituents is 1. The summed E-state index contributed by atoms with van der Waals surface area (Å²) in [5, 5.41) is 11.0. The molecule has 2 N–H and O–H groups in total. The predicted molar refractivity (Wildman–Crippen MR) is 102 cm³/mol. The van der Waals surface area contributed by atoms with Crippen molar-refractivity contribution in [1.82, 2.24) is 15.8 Å². The highest BCUT2D eigenvalue weighted by atomic mass is 16.6. The highest BCUT2D eigenvalue weighted by molar-refractivity contribution is 5.90. The molecule has 1 aliphatic rings. The maximum absolute atomic E-state index is 12.3. The third-order valence-corrected chi connectivity index (χ3v) is 4.56. The standard InChI is InChI=1S/C19H20N4O7/c1-12(30-16-7-3-2-6-15(16)23(27)28)18(25)20-21-19(26)13-9-17(24)22(10-13)11-14-5-4-8-29-14/h2-8,12-13H,9-11H2,1H3,(H,20,25)(H,21,26). The number of benzene rings is 1. The number of ether oxygens (including phenoxy) is 1. The number of hydrogen-bond donors (Lipinski definition) is 2. The van der Waals surface area contributed by atoms with Crippen LogP contribution in [0.4, 0.5) is 5.69 Å². The minimum absolute atomic E-state index is 0.0185. The van der Waals surface area contributed by atoms with E-state index in [2.05, 4.69) is 10.9 Å². The molecule has 0 saturated carbocycles. The Morgan fingerprint density at radius 2 is 2.07 bits per heavy atom. The molecule has 2 heterocycles. The lowest BCUT2D eigenvalue weighted by atomic mass is 10.1. The van der Waals surface area contributed by atoms with Gasteiger partial charge in [-0.25, -0.2) is 0 Å². The van der Waals surface area contributed by atoms with Crippen LogP contribution >= 0.6 is 0 Å². The molecule has 2 aromatic rings. The molecule has 0 radical (unpaired) electrons. The van der Waals surface area contributed by atoms with Crippen molar-refractivity contribution in [3.05, 3.63) is 58.5 Å². The normalized spacial score (nSPS) is 16.8. The van der Waals surface area contributed by atoms with Crippen LogP contribution in [-0.2, 0) is 20.9 Å². The summed E-state index contributed by atoms with van der Waals surface area (Å²) >= 11 is 0. The lowest BCUT2D eigenvalue weighted by Gasteiger charge is -2.17. The van der Waals surface area contributed by atoms with Gasteiger partial charge in [-0.05, 0) is 25.1 Å². The van der Waals surface area contributed by atoms with Crippen molar-refractivity contribution >= 4 is 23.4 Å². The first-order valence-corrected chi connectivity index (χ1v) is 9.15. The second-order valence-corrected chi connectivity index (χ2v) is 6.72. The third kappa shape index (κ3) is 4.93. The molecule has 1 aliphatic heterocycles. The fourth-order valence-corrected chi connectivity index (χ4v) is 2.97. The van der Waals surface area contributed by atoms with Gasteiger partial charge in [0.15, 0.2) is 11.9 Å². The first-order chi connectivity index (χ1) is 14.3. The van der Waals surface area contributed by atoms with Crippen LogP contribution in [0.1, 0.15) is 19.1 Å². The molecule has 30 heavy (non-hydrogen) atoms. The Morgan fingerprint density at radius 1 is 1.30 bits per heavy atom. The van der Waals surface area contributed by atoms with Crippen molar-refractivity contribution in [1.29, 1.82) is 0 Å². The van der Waals surface area contributed by atoms with E-state index in [0.717, 1.165) is 0 Å². The van der Waals surface area contributed by atoms with Crippen molar-refractivity contribution in [3.8, 4) is 5.75 Å². The molecule has 1 aromatic heterocycles. The number of carbonyl (C=O) groups is 3. The van der Waals surface area contributed by atoms with Gasteiger partial charge in [-0.3, -0.25) is 35.3 Å². The summed E-state index contributed by atoms with van der Waals surface area (Å²) in [4.78, 5) is 48.5. The molecule has 158 valence electrons. The smallest absolute Gasteiger partial charge is 0.310 e. The number of hydrazine groups is 1. The first-order valence-electron chi connectivity index (χ1n) is 9.15. The van der Waals surface area contributed by atoms with Gasteiger partial charge in [0.05, 0.1) is 23.6 Å². The summed E-state index contributed by atoms with van der Waals surface area (Å²) in [6.07, 6.45) is 0.417. The Balaban J connectivity index is 1.49.